The molecule has 0 atom stereocenters. The summed E-state index contributed by atoms with van der Waals surface area (Å²) >= 11 is 0. The van der Waals surface area contributed by atoms with E-state index < -0.39 is 5.97 Å². The predicted octanol–water partition coefficient (Wildman–Crippen LogP) is 2.10. The van der Waals surface area contributed by atoms with Crippen molar-refractivity contribution in [3.8, 4) is 0 Å². The smallest absolute Gasteiger partial charge is 0.0417 e. The summed E-state index contributed by atoms with van der Waals surface area (Å²) in [4.78, 5) is 10.1. The van der Waals surface area contributed by atoms with Crippen LogP contribution in [0.5, 0.6) is 0 Å². The second-order valence-electron chi connectivity index (χ2n) is 3.76. The lowest BCUT2D eigenvalue weighted by atomic mass is 10.1. The molecule has 0 saturated heterocycles. The summed E-state index contributed by atoms with van der Waals surface area (Å²) in [5.74, 6) is -0.978. The van der Waals surface area contributed by atoms with Gasteiger partial charge in [-0.1, -0.05) is 42.5 Å². The van der Waals surface area contributed by atoms with E-state index in [1.165, 1.54) is 5.56 Å². The lowest BCUT2D eigenvalue weighted by Crippen LogP contribution is -2.21. The molecule has 0 amide bonds. The fourth-order valence-electron chi connectivity index (χ4n) is 1.51. The second-order valence-corrected chi connectivity index (χ2v) is 3.76. The lowest BCUT2D eigenvalue weighted by molar-refractivity contribution is -0.305. The van der Waals surface area contributed by atoms with Crippen LogP contribution in [0.2, 0.25) is 0 Å². The van der Waals surface area contributed by atoms with Crippen LogP contribution in [0.25, 0.3) is 0 Å². The van der Waals surface area contributed by atoms with Gasteiger partial charge in [0.2, 0.25) is 0 Å². The first-order chi connectivity index (χ1) is 7.79. The number of carbonyl (C=O) groups excluding carboxylic acids is 1. The van der Waals surface area contributed by atoms with Crippen molar-refractivity contribution < 1.29 is 9.90 Å². The maximum absolute atomic E-state index is 10.1. The molecule has 0 bridgehead atoms. The monoisotopic (exact) mass is 217 g/mol. The standard InChI is InChI=1S/C14H18O2/c15-14(16)12-8-3-1-2-5-9-13-10-6-4-7-11-13/h1,3-4,6-7,10-11H,2,5,8-9,12H2,(H,15,16)/p-1. The third-order valence-electron chi connectivity index (χ3n) is 2.36. The highest BCUT2D eigenvalue weighted by Crippen LogP contribution is 2.05. The first kappa shape index (κ1) is 12.5. The van der Waals surface area contributed by atoms with E-state index in [4.69, 9.17) is 0 Å². The van der Waals surface area contributed by atoms with Crippen LogP contribution in [-0.2, 0) is 11.2 Å². The first-order valence-corrected chi connectivity index (χ1v) is 5.68. The van der Waals surface area contributed by atoms with Gasteiger partial charge in [0.15, 0.2) is 0 Å². The summed E-state index contributed by atoms with van der Waals surface area (Å²) in [5.41, 5.74) is 1.35. The van der Waals surface area contributed by atoms with Crippen LogP contribution in [-0.4, -0.2) is 5.97 Å². The van der Waals surface area contributed by atoms with Crippen molar-refractivity contribution >= 4 is 5.97 Å². The molecule has 1 aromatic rings. The average Bonchev–Trinajstić information content (AvgIpc) is 2.29. The van der Waals surface area contributed by atoms with Gasteiger partial charge < -0.3 is 9.90 Å². The predicted molar refractivity (Wildman–Crippen MR) is 62.8 cm³/mol. The Morgan fingerprint density at radius 1 is 1.12 bits per heavy atom. The molecule has 0 heterocycles. The molecule has 0 fully saturated rings. The molecule has 0 aliphatic heterocycles. The third-order valence-corrected chi connectivity index (χ3v) is 2.36. The molecule has 2 heteroatoms. The van der Waals surface area contributed by atoms with E-state index in [1.54, 1.807) is 0 Å². The van der Waals surface area contributed by atoms with Crippen LogP contribution in [0.3, 0.4) is 0 Å². The minimum absolute atomic E-state index is 0.120. The van der Waals surface area contributed by atoms with Crippen LogP contribution in [0.1, 0.15) is 31.2 Å². The molecule has 0 unspecified atom stereocenters. The van der Waals surface area contributed by atoms with Gasteiger partial charge in [0.1, 0.15) is 0 Å². The Hall–Kier alpha value is -1.57. The van der Waals surface area contributed by atoms with Crippen LogP contribution in [0.15, 0.2) is 42.5 Å². The summed E-state index contributed by atoms with van der Waals surface area (Å²) in [5, 5.41) is 10.1. The van der Waals surface area contributed by atoms with Crippen LogP contribution >= 0.6 is 0 Å². The quantitative estimate of drug-likeness (QED) is 0.518. The molecule has 0 aliphatic carbocycles. The number of aryl methyl sites for hydroxylation is 1. The third kappa shape index (κ3) is 6.02. The van der Waals surface area contributed by atoms with Crippen LogP contribution in [0.4, 0.5) is 0 Å². The number of rotatable bonds is 7. The van der Waals surface area contributed by atoms with Crippen molar-refractivity contribution in [3.05, 3.63) is 48.0 Å². The molecule has 1 aromatic carbocycles. The highest BCUT2D eigenvalue weighted by molar-refractivity contribution is 5.64. The minimum Gasteiger partial charge on any atom is -0.550 e. The largest absolute Gasteiger partial charge is 0.550 e. The van der Waals surface area contributed by atoms with Gasteiger partial charge in [-0.2, -0.15) is 0 Å². The van der Waals surface area contributed by atoms with Crippen molar-refractivity contribution in [2.75, 3.05) is 0 Å². The normalized spacial score (nSPS) is 10.8. The number of benzene rings is 1. The van der Waals surface area contributed by atoms with Crippen molar-refractivity contribution in [3.63, 3.8) is 0 Å². The Labute approximate surface area is 96.6 Å². The zero-order valence-electron chi connectivity index (χ0n) is 9.39. The van der Waals surface area contributed by atoms with Crippen LogP contribution < -0.4 is 5.11 Å². The Balaban J connectivity index is 2.06. The summed E-state index contributed by atoms with van der Waals surface area (Å²) in [7, 11) is 0. The SMILES string of the molecule is O=C([O-])CCC=CCCCc1ccccc1. The second kappa shape index (κ2) is 7.69. The lowest BCUT2D eigenvalue weighted by Gasteiger charge is -1.98. The zero-order valence-corrected chi connectivity index (χ0v) is 9.39. The number of unbranched alkanes of at least 4 members (excludes halogenated alkanes) is 1. The number of allylic oxidation sites excluding steroid dienone is 2. The minimum atomic E-state index is -0.978. The maximum Gasteiger partial charge on any atom is 0.0417 e. The Kier molecular flexibility index (Phi) is 6.00. The van der Waals surface area contributed by atoms with Gasteiger partial charge in [0.25, 0.3) is 0 Å². The molecular formula is C14H17O2-. The highest BCUT2D eigenvalue weighted by Gasteiger charge is 1.89. The van der Waals surface area contributed by atoms with Gasteiger partial charge >= 0.3 is 0 Å². The number of carboxylic acid groups (broad SMARTS) is 1. The molecule has 0 aromatic heterocycles. The number of aliphatic carboxylic acids is 1. The first-order valence-electron chi connectivity index (χ1n) is 5.68. The Bertz CT molecular complexity index is 328. The summed E-state index contributed by atoms with van der Waals surface area (Å²) < 4.78 is 0. The van der Waals surface area contributed by atoms with Crippen molar-refractivity contribution in [1.82, 2.24) is 0 Å². The molecule has 2 nitrogen and oxygen atoms in total. The number of carbonyl (C=O) groups is 1. The maximum atomic E-state index is 10.1. The summed E-state index contributed by atoms with van der Waals surface area (Å²) in [6.45, 7) is 0. The molecule has 86 valence electrons. The van der Waals surface area contributed by atoms with Crippen LogP contribution in [0, 0.1) is 0 Å². The summed E-state index contributed by atoms with van der Waals surface area (Å²) in [6.07, 6.45) is 7.84. The van der Waals surface area contributed by atoms with Gasteiger partial charge in [-0.3, -0.25) is 0 Å². The number of hydrogen-bond donors (Lipinski definition) is 0. The summed E-state index contributed by atoms with van der Waals surface area (Å²) in [6, 6.07) is 10.4. The number of hydrogen-bond acceptors (Lipinski definition) is 2. The van der Waals surface area contributed by atoms with E-state index in [-0.39, 0.29) is 6.42 Å². The average molecular weight is 217 g/mol. The van der Waals surface area contributed by atoms with E-state index in [0.717, 1.165) is 19.3 Å². The molecule has 1 rings (SSSR count). The van der Waals surface area contributed by atoms with Crippen molar-refractivity contribution in [2.24, 2.45) is 0 Å². The Morgan fingerprint density at radius 2 is 1.81 bits per heavy atom. The van der Waals surface area contributed by atoms with Gasteiger partial charge in [0.05, 0.1) is 0 Å². The van der Waals surface area contributed by atoms with Gasteiger partial charge in [0, 0.05) is 5.97 Å². The van der Waals surface area contributed by atoms with E-state index in [1.807, 2.05) is 30.4 Å². The van der Waals surface area contributed by atoms with Gasteiger partial charge in [-0.15, -0.1) is 0 Å². The van der Waals surface area contributed by atoms with E-state index >= 15 is 0 Å². The number of carboxylic acids is 1. The van der Waals surface area contributed by atoms with Gasteiger partial charge in [-0.25, -0.2) is 0 Å². The van der Waals surface area contributed by atoms with E-state index in [0.29, 0.717) is 6.42 Å². The molecule has 0 radical (unpaired) electrons. The van der Waals surface area contributed by atoms with E-state index in [9.17, 15) is 9.90 Å². The fraction of sp³-hybridized carbons (Fsp3) is 0.357. The molecular weight excluding hydrogens is 200 g/mol. The molecule has 0 spiro atoms. The highest BCUT2D eigenvalue weighted by atomic mass is 16.4. The van der Waals surface area contributed by atoms with Gasteiger partial charge in [-0.05, 0) is 37.7 Å². The zero-order chi connectivity index (χ0) is 11.6. The molecule has 0 aliphatic rings. The fourth-order valence-corrected chi connectivity index (χ4v) is 1.51. The van der Waals surface area contributed by atoms with E-state index in [2.05, 4.69) is 12.1 Å². The van der Waals surface area contributed by atoms with Crippen molar-refractivity contribution in [1.29, 1.82) is 0 Å². The Morgan fingerprint density at radius 3 is 2.50 bits per heavy atom. The molecule has 16 heavy (non-hydrogen) atoms. The molecule has 0 N–H and O–H groups in total. The topological polar surface area (TPSA) is 40.1 Å². The van der Waals surface area contributed by atoms with Crippen molar-refractivity contribution in [2.45, 2.75) is 32.1 Å². The molecule has 0 saturated carbocycles.